The van der Waals surface area contributed by atoms with E-state index >= 15 is 0 Å². The van der Waals surface area contributed by atoms with Crippen molar-refractivity contribution >= 4 is 45.4 Å². The number of hydrogen-bond donors (Lipinski definition) is 3. The molecule has 148 valence electrons. The number of carboxylic acids is 1. The summed E-state index contributed by atoms with van der Waals surface area (Å²) in [5.74, 6) is -1.66. The number of benzene rings is 2. The van der Waals surface area contributed by atoms with E-state index in [0.717, 1.165) is 11.0 Å². The summed E-state index contributed by atoms with van der Waals surface area (Å²) in [4.78, 5) is 24.3. The highest BCUT2D eigenvalue weighted by Gasteiger charge is 2.25. The monoisotopic (exact) mass is 465 g/mol. The molecule has 0 aliphatic heterocycles. The van der Waals surface area contributed by atoms with Gasteiger partial charge in [0.2, 0.25) is 0 Å². The molecular formula is C20H20BrNO5S. The number of ether oxygens (including phenoxy) is 1. The first-order chi connectivity index (χ1) is 13.3. The van der Waals surface area contributed by atoms with Crippen LogP contribution in [0.4, 0.5) is 10.5 Å². The van der Waals surface area contributed by atoms with Crippen molar-refractivity contribution in [3.63, 3.8) is 0 Å². The molecule has 0 aromatic heterocycles. The van der Waals surface area contributed by atoms with Crippen molar-refractivity contribution in [1.82, 2.24) is 0 Å². The van der Waals surface area contributed by atoms with E-state index in [1.807, 2.05) is 18.4 Å². The number of halogens is 1. The smallest absolute Gasteiger partial charge is 0.412 e. The molecule has 1 amide bonds. The lowest BCUT2D eigenvalue weighted by Crippen LogP contribution is -2.21. The molecule has 0 heterocycles. The number of nitrogens with one attached hydrogen (secondary N) is 1. The van der Waals surface area contributed by atoms with E-state index in [9.17, 15) is 14.7 Å². The van der Waals surface area contributed by atoms with Crippen molar-refractivity contribution in [2.24, 2.45) is 5.92 Å². The van der Waals surface area contributed by atoms with Gasteiger partial charge in [-0.3, -0.25) is 5.32 Å². The molecule has 0 aliphatic carbocycles. The zero-order valence-corrected chi connectivity index (χ0v) is 17.7. The van der Waals surface area contributed by atoms with Gasteiger partial charge in [0, 0.05) is 32.6 Å². The van der Waals surface area contributed by atoms with Gasteiger partial charge < -0.3 is 14.9 Å². The summed E-state index contributed by atoms with van der Waals surface area (Å²) in [6.07, 6.45) is 2.75. The van der Waals surface area contributed by atoms with Crippen LogP contribution in [0.2, 0.25) is 0 Å². The standard InChI is InChI=1S/C20H20BrNO5S/c1-12(3-10-18(24)25)19(16-11-13(21)4-9-17(16)23)27-20(26)22-14-5-7-15(28-2)8-6-14/h3-12,19,23H,1-2H3,(H,22,26)(H,24,25)/b10-3+/t12-,19+/m1/s1. The van der Waals surface area contributed by atoms with Crippen molar-refractivity contribution in [2.45, 2.75) is 17.9 Å². The first-order valence-corrected chi connectivity index (χ1v) is 10.3. The predicted octanol–water partition coefficient (Wildman–Crippen LogP) is 5.44. The fourth-order valence-corrected chi connectivity index (χ4v) is 3.27. The summed E-state index contributed by atoms with van der Waals surface area (Å²) in [5.41, 5.74) is 0.929. The minimum absolute atomic E-state index is 0.0547. The quantitative estimate of drug-likeness (QED) is 0.371. The SMILES string of the molecule is CSc1ccc(NC(=O)O[C@H](c2cc(Br)ccc2O)[C@H](C)/C=C/C(=O)O)cc1. The zero-order valence-electron chi connectivity index (χ0n) is 15.3. The Morgan fingerprint density at radius 3 is 2.50 bits per heavy atom. The van der Waals surface area contributed by atoms with E-state index in [1.165, 1.54) is 12.1 Å². The third-order valence-electron chi connectivity index (χ3n) is 3.89. The lowest BCUT2D eigenvalue weighted by molar-refractivity contribution is -0.131. The van der Waals surface area contributed by atoms with Gasteiger partial charge in [-0.2, -0.15) is 0 Å². The van der Waals surface area contributed by atoms with Crippen molar-refractivity contribution in [2.75, 3.05) is 11.6 Å². The number of thioether (sulfide) groups is 1. The Labute approximate surface area is 175 Å². The topological polar surface area (TPSA) is 95.9 Å². The lowest BCUT2D eigenvalue weighted by Gasteiger charge is -2.23. The Bertz CT molecular complexity index is 869. The Hall–Kier alpha value is -2.45. The number of amides is 1. The Kier molecular flexibility index (Phi) is 7.95. The number of anilines is 1. The van der Waals surface area contributed by atoms with Crippen LogP contribution in [0.3, 0.4) is 0 Å². The van der Waals surface area contributed by atoms with Gasteiger partial charge in [-0.05, 0) is 48.7 Å². The highest BCUT2D eigenvalue weighted by Crippen LogP contribution is 2.35. The Morgan fingerprint density at radius 1 is 1.21 bits per heavy atom. The number of aliphatic carboxylic acids is 1. The summed E-state index contributed by atoms with van der Waals surface area (Å²) in [7, 11) is 0. The van der Waals surface area contributed by atoms with Gasteiger partial charge in [-0.1, -0.05) is 28.9 Å². The van der Waals surface area contributed by atoms with Gasteiger partial charge in [-0.15, -0.1) is 11.8 Å². The van der Waals surface area contributed by atoms with Crippen molar-refractivity contribution in [3.8, 4) is 5.75 Å². The largest absolute Gasteiger partial charge is 0.508 e. The average Bonchev–Trinajstić information content (AvgIpc) is 2.67. The third kappa shape index (κ3) is 6.31. The molecule has 0 bridgehead atoms. The summed E-state index contributed by atoms with van der Waals surface area (Å²) in [6, 6.07) is 12.0. The lowest BCUT2D eigenvalue weighted by atomic mass is 9.96. The number of phenolic OH excluding ortho intramolecular Hbond substituents is 1. The summed E-state index contributed by atoms with van der Waals surface area (Å²) in [6.45, 7) is 1.70. The molecular weight excluding hydrogens is 446 g/mol. The maximum atomic E-state index is 12.4. The maximum absolute atomic E-state index is 12.4. The van der Waals surface area contributed by atoms with Gasteiger partial charge in [-0.25, -0.2) is 9.59 Å². The second kappa shape index (κ2) is 10.2. The van der Waals surface area contributed by atoms with Gasteiger partial charge in [0.05, 0.1) is 0 Å². The molecule has 0 radical (unpaired) electrons. The average molecular weight is 466 g/mol. The molecule has 3 N–H and O–H groups in total. The molecule has 2 rings (SSSR count). The molecule has 0 unspecified atom stereocenters. The number of hydrogen-bond acceptors (Lipinski definition) is 5. The van der Waals surface area contributed by atoms with Crippen molar-refractivity contribution in [3.05, 3.63) is 64.7 Å². The molecule has 2 aromatic rings. The molecule has 0 saturated heterocycles. The number of rotatable bonds is 7. The first-order valence-electron chi connectivity index (χ1n) is 8.31. The predicted molar refractivity (Wildman–Crippen MR) is 113 cm³/mol. The molecule has 8 heteroatoms. The Morgan fingerprint density at radius 2 is 1.89 bits per heavy atom. The van der Waals surface area contributed by atoms with Crippen LogP contribution in [0.1, 0.15) is 18.6 Å². The molecule has 28 heavy (non-hydrogen) atoms. The number of aromatic hydroxyl groups is 1. The molecule has 2 aromatic carbocycles. The number of carbonyl (C=O) groups is 2. The fourth-order valence-electron chi connectivity index (χ4n) is 2.48. The van der Waals surface area contributed by atoms with Crippen molar-refractivity contribution in [1.29, 1.82) is 0 Å². The van der Waals surface area contributed by atoms with Gasteiger partial charge in [0.1, 0.15) is 11.9 Å². The van der Waals surface area contributed by atoms with E-state index in [4.69, 9.17) is 9.84 Å². The number of carboxylic acid groups (broad SMARTS) is 1. The zero-order chi connectivity index (χ0) is 20.7. The van der Waals surface area contributed by atoms with Crippen LogP contribution in [-0.4, -0.2) is 28.5 Å². The third-order valence-corrected chi connectivity index (χ3v) is 5.12. The van der Waals surface area contributed by atoms with E-state index in [-0.39, 0.29) is 5.75 Å². The molecule has 0 saturated carbocycles. The molecule has 0 spiro atoms. The van der Waals surface area contributed by atoms with Crippen LogP contribution in [0.5, 0.6) is 5.75 Å². The van der Waals surface area contributed by atoms with E-state index in [1.54, 1.807) is 43.0 Å². The highest BCUT2D eigenvalue weighted by molar-refractivity contribution is 9.10. The molecule has 2 atom stereocenters. The van der Waals surface area contributed by atoms with Crippen LogP contribution in [0.25, 0.3) is 0 Å². The normalized spacial score (nSPS) is 13.1. The van der Waals surface area contributed by atoms with Gasteiger partial charge >= 0.3 is 12.1 Å². The summed E-state index contributed by atoms with van der Waals surface area (Å²) in [5, 5.41) is 21.7. The van der Waals surface area contributed by atoms with E-state index < -0.39 is 24.1 Å². The minimum Gasteiger partial charge on any atom is -0.508 e. The molecule has 6 nitrogen and oxygen atoms in total. The van der Waals surface area contributed by atoms with Crippen LogP contribution in [-0.2, 0) is 9.53 Å². The number of phenols is 1. The molecule has 0 aliphatic rings. The van der Waals surface area contributed by atoms with Crippen LogP contribution in [0, 0.1) is 5.92 Å². The number of carbonyl (C=O) groups excluding carboxylic acids is 1. The summed E-state index contributed by atoms with van der Waals surface area (Å²) < 4.78 is 6.24. The van der Waals surface area contributed by atoms with Crippen LogP contribution in [0.15, 0.2) is 64.0 Å². The summed E-state index contributed by atoms with van der Waals surface area (Å²) >= 11 is 4.92. The maximum Gasteiger partial charge on any atom is 0.412 e. The Balaban J connectivity index is 2.23. The van der Waals surface area contributed by atoms with E-state index in [2.05, 4.69) is 21.2 Å². The fraction of sp³-hybridized carbons (Fsp3) is 0.200. The second-order valence-corrected chi connectivity index (χ2v) is 7.73. The first kappa shape index (κ1) is 21.8. The second-order valence-electron chi connectivity index (χ2n) is 5.94. The minimum atomic E-state index is -1.11. The van der Waals surface area contributed by atoms with Crippen LogP contribution >= 0.6 is 27.7 Å². The van der Waals surface area contributed by atoms with Crippen molar-refractivity contribution < 1.29 is 24.5 Å². The van der Waals surface area contributed by atoms with Crippen LogP contribution < -0.4 is 5.32 Å². The van der Waals surface area contributed by atoms with Gasteiger partial charge in [0.25, 0.3) is 0 Å². The molecule has 0 fully saturated rings. The van der Waals surface area contributed by atoms with E-state index in [0.29, 0.717) is 15.7 Å². The highest BCUT2D eigenvalue weighted by atomic mass is 79.9. The van der Waals surface area contributed by atoms with Gasteiger partial charge in [0.15, 0.2) is 0 Å².